The Morgan fingerprint density at radius 1 is 1.40 bits per heavy atom. The molecule has 2 aromatic rings. The molecule has 1 heterocycles. The van der Waals surface area contributed by atoms with Gasteiger partial charge in [-0.3, -0.25) is 4.79 Å². The molecule has 2 rings (SSSR count). The molecule has 6 heteroatoms. The molecule has 0 unspecified atom stereocenters. The second-order valence-corrected chi connectivity index (χ2v) is 5.23. The molecule has 106 valence electrons. The lowest BCUT2D eigenvalue weighted by atomic mass is 10.2. The minimum atomic E-state index is -2.50. The Morgan fingerprint density at radius 2 is 2.15 bits per heavy atom. The number of aromatic nitrogens is 1. The highest BCUT2D eigenvalue weighted by Gasteiger charge is 2.15. The van der Waals surface area contributed by atoms with Gasteiger partial charge in [-0.25, -0.2) is 8.78 Å². The maximum Gasteiger partial charge on any atom is 0.272 e. The second kappa shape index (κ2) is 6.17. The van der Waals surface area contributed by atoms with E-state index in [1.54, 1.807) is 6.07 Å². The van der Waals surface area contributed by atoms with Gasteiger partial charge in [0.05, 0.1) is 12.2 Å². The highest BCUT2D eigenvalue weighted by Crippen LogP contribution is 2.24. The zero-order chi connectivity index (χ0) is 14.7. The Bertz CT molecular complexity index is 625. The van der Waals surface area contributed by atoms with E-state index >= 15 is 0 Å². The lowest BCUT2D eigenvalue weighted by Gasteiger charge is -2.11. The summed E-state index contributed by atoms with van der Waals surface area (Å²) in [5, 5.41) is 2.72. The first-order valence-corrected chi connectivity index (χ1v) is 6.77. The van der Waals surface area contributed by atoms with Crippen molar-refractivity contribution in [2.24, 2.45) is 0 Å². The number of aryl methyl sites for hydroxylation is 1. The summed E-state index contributed by atoms with van der Waals surface area (Å²) >= 11 is 3.34. The first kappa shape index (κ1) is 14.7. The lowest BCUT2D eigenvalue weighted by Crippen LogP contribution is -2.19. The molecule has 0 fully saturated rings. The van der Waals surface area contributed by atoms with Gasteiger partial charge in [-0.15, -0.1) is 0 Å². The van der Waals surface area contributed by atoms with Crippen LogP contribution in [0, 0.1) is 6.92 Å². The van der Waals surface area contributed by atoms with Crippen molar-refractivity contribution in [2.75, 3.05) is 5.32 Å². The molecule has 1 amide bonds. The molecular weight excluding hydrogens is 330 g/mol. The van der Waals surface area contributed by atoms with Crippen molar-refractivity contribution >= 4 is 27.5 Å². The normalized spacial score (nSPS) is 10.8. The summed E-state index contributed by atoms with van der Waals surface area (Å²) in [6, 6.07) is 8.62. The van der Waals surface area contributed by atoms with Crippen molar-refractivity contribution in [3.63, 3.8) is 0 Å². The third-order valence-corrected chi connectivity index (χ3v) is 3.46. The number of alkyl halides is 2. The number of amides is 1. The first-order chi connectivity index (χ1) is 9.47. The van der Waals surface area contributed by atoms with Crippen LogP contribution in [0.1, 0.15) is 16.1 Å². The van der Waals surface area contributed by atoms with E-state index in [0.29, 0.717) is 5.69 Å². The van der Waals surface area contributed by atoms with Crippen LogP contribution >= 0.6 is 15.9 Å². The summed E-state index contributed by atoms with van der Waals surface area (Å²) in [6.45, 7) is 1.41. The van der Waals surface area contributed by atoms with Gasteiger partial charge in [0, 0.05) is 10.7 Å². The highest BCUT2D eigenvalue weighted by molar-refractivity contribution is 9.10. The van der Waals surface area contributed by atoms with Crippen molar-refractivity contribution in [3.8, 4) is 0 Å². The van der Waals surface area contributed by atoms with Gasteiger partial charge in [0.1, 0.15) is 5.69 Å². The van der Waals surface area contributed by atoms with Crippen LogP contribution in [0.4, 0.5) is 14.5 Å². The number of hydrogen-bond donors (Lipinski definition) is 1. The van der Waals surface area contributed by atoms with Crippen molar-refractivity contribution in [1.29, 1.82) is 0 Å². The van der Waals surface area contributed by atoms with E-state index in [0.717, 1.165) is 10.0 Å². The molecule has 0 atom stereocenters. The molecule has 0 saturated carbocycles. The van der Waals surface area contributed by atoms with Crippen molar-refractivity contribution < 1.29 is 13.6 Å². The Balaban J connectivity index is 2.20. The first-order valence-electron chi connectivity index (χ1n) is 5.98. The SMILES string of the molecule is Cc1ccc(Br)c(NC(=O)c2cccn2CC(F)F)c1. The van der Waals surface area contributed by atoms with Gasteiger partial charge in [0.15, 0.2) is 0 Å². The number of hydrogen-bond acceptors (Lipinski definition) is 1. The molecule has 1 aromatic heterocycles. The molecule has 0 radical (unpaired) electrons. The summed E-state index contributed by atoms with van der Waals surface area (Å²) in [7, 11) is 0. The standard InChI is InChI=1S/C14H13BrF2N2O/c1-9-4-5-10(15)11(7-9)18-14(20)12-3-2-6-19(12)8-13(16)17/h2-7,13H,8H2,1H3,(H,18,20). The number of carbonyl (C=O) groups excluding carboxylic acids is 1. The average molecular weight is 343 g/mol. The predicted molar refractivity (Wildman–Crippen MR) is 77.3 cm³/mol. The number of nitrogens with one attached hydrogen (secondary N) is 1. The summed E-state index contributed by atoms with van der Waals surface area (Å²) < 4.78 is 26.8. The molecule has 1 N–H and O–H groups in total. The summed E-state index contributed by atoms with van der Waals surface area (Å²) in [4.78, 5) is 12.1. The Morgan fingerprint density at radius 3 is 2.85 bits per heavy atom. The van der Waals surface area contributed by atoms with Gasteiger partial charge in [0.2, 0.25) is 0 Å². The molecule has 0 bridgehead atoms. The van der Waals surface area contributed by atoms with Gasteiger partial charge in [-0.05, 0) is 52.7 Å². The van der Waals surface area contributed by atoms with Crippen LogP contribution < -0.4 is 5.32 Å². The third kappa shape index (κ3) is 3.45. The third-order valence-electron chi connectivity index (χ3n) is 2.77. The maximum absolute atomic E-state index is 12.4. The second-order valence-electron chi connectivity index (χ2n) is 4.37. The number of rotatable bonds is 4. The van der Waals surface area contributed by atoms with E-state index in [2.05, 4.69) is 21.2 Å². The fraction of sp³-hybridized carbons (Fsp3) is 0.214. The Labute approximate surface area is 123 Å². The van der Waals surface area contributed by atoms with Gasteiger partial charge >= 0.3 is 0 Å². The molecule has 0 aliphatic carbocycles. The minimum absolute atomic E-state index is 0.207. The number of carbonyl (C=O) groups is 1. The van der Waals surface area contributed by atoms with Crippen LogP contribution in [0.15, 0.2) is 41.0 Å². The van der Waals surface area contributed by atoms with Crippen LogP contribution in [0.5, 0.6) is 0 Å². The largest absolute Gasteiger partial charge is 0.338 e. The van der Waals surface area contributed by atoms with E-state index in [1.807, 2.05) is 25.1 Å². The minimum Gasteiger partial charge on any atom is -0.338 e. The van der Waals surface area contributed by atoms with Gasteiger partial charge in [-0.1, -0.05) is 6.07 Å². The van der Waals surface area contributed by atoms with E-state index in [1.165, 1.54) is 16.8 Å². The van der Waals surface area contributed by atoms with E-state index in [9.17, 15) is 13.6 Å². The number of anilines is 1. The average Bonchev–Trinajstić information content (AvgIpc) is 2.81. The van der Waals surface area contributed by atoms with E-state index in [4.69, 9.17) is 0 Å². The molecule has 0 aliphatic heterocycles. The maximum atomic E-state index is 12.4. The van der Waals surface area contributed by atoms with Gasteiger partial charge in [-0.2, -0.15) is 0 Å². The zero-order valence-electron chi connectivity index (χ0n) is 10.7. The fourth-order valence-corrected chi connectivity index (χ4v) is 2.20. The summed E-state index contributed by atoms with van der Waals surface area (Å²) in [6.07, 6.45) is -1.04. The number of benzene rings is 1. The smallest absolute Gasteiger partial charge is 0.272 e. The fourth-order valence-electron chi connectivity index (χ4n) is 1.85. The van der Waals surface area contributed by atoms with Gasteiger partial charge in [0.25, 0.3) is 12.3 Å². The van der Waals surface area contributed by atoms with Crippen molar-refractivity contribution in [1.82, 2.24) is 4.57 Å². The van der Waals surface area contributed by atoms with Crippen molar-refractivity contribution in [3.05, 3.63) is 52.3 Å². The van der Waals surface area contributed by atoms with Crippen LogP contribution in [0.2, 0.25) is 0 Å². The van der Waals surface area contributed by atoms with Crippen LogP contribution in [0.3, 0.4) is 0 Å². The Hall–Kier alpha value is -1.69. The highest BCUT2D eigenvalue weighted by atomic mass is 79.9. The van der Waals surface area contributed by atoms with Crippen molar-refractivity contribution in [2.45, 2.75) is 19.9 Å². The molecule has 0 spiro atoms. The molecule has 0 aliphatic rings. The summed E-state index contributed by atoms with van der Waals surface area (Å²) in [5.41, 5.74) is 1.81. The summed E-state index contributed by atoms with van der Waals surface area (Å²) in [5.74, 6) is -0.415. The lowest BCUT2D eigenvalue weighted by molar-refractivity contribution is 0.0997. The Kier molecular flexibility index (Phi) is 4.54. The quantitative estimate of drug-likeness (QED) is 0.892. The monoisotopic (exact) mass is 342 g/mol. The van der Waals surface area contributed by atoms with Gasteiger partial charge < -0.3 is 9.88 Å². The van der Waals surface area contributed by atoms with Crippen LogP contribution in [-0.4, -0.2) is 16.9 Å². The number of halogens is 3. The topological polar surface area (TPSA) is 34.0 Å². The molecule has 20 heavy (non-hydrogen) atoms. The zero-order valence-corrected chi connectivity index (χ0v) is 12.3. The number of nitrogens with zero attached hydrogens (tertiary/aromatic N) is 1. The van der Waals surface area contributed by atoms with E-state index < -0.39 is 18.9 Å². The molecule has 1 aromatic carbocycles. The molecular formula is C14H13BrF2N2O. The molecule has 3 nitrogen and oxygen atoms in total. The molecule has 0 saturated heterocycles. The van der Waals surface area contributed by atoms with Crippen LogP contribution in [0.25, 0.3) is 0 Å². The predicted octanol–water partition coefficient (Wildman–Crippen LogP) is 4.08. The van der Waals surface area contributed by atoms with E-state index in [-0.39, 0.29) is 5.69 Å². The van der Waals surface area contributed by atoms with Crippen LogP contribution in [-0.2, 0) is 6.54 Å².